The summed E-state index contributed by atoms with van der Waals surface area (Å²) < 4.78 is 24.7. The summed E-state index contributed by atoms with van der Waals surface area (Å²) in [4.78, 5) is 12.9. The van der Waals surface area contributed by atoms with Gasteiger partial charge in [-0.05, 0) is 42.0 Å². The number of rotatable bonds is 5. The molecule has 0 bridgehead atoms. The summed E-state index contributed by atoms with van der Waals surface area (Å²) >= 11 is 3.22. The number of nitrogens with one attached hydrogen (secondary N) is 1. The molecule has 2 rings (SSSR count). The highest BCUT2D eigenvalue weighted by Gasteiger charge is 2.11. The van der Waals surface area contributed by atoms with E-state index in [0.29, 0.717) is 5.56 Å². The number of nitrogens with zero attached hydrogens (tertiary/aromatic N) is 1. The van der Waals surface area contributed by atoms with Gasteiger partial charge in [-0.15, -0.1) is 0 Å². The van der Waals surface area contributed by atoms with Crippen molar-refractivity contribution in [2.45, 2.75) is 4.90 Å². The molecule has 0 aliphatic rings. The molecule has 0 atom stereocenters. The van der Waals surface area contributed by atoms with Crippen molar-refractivity contribution in [1.82, 2.24) is 4.83 Å². The molecule has 114 valence electrons. The van der Waals surface area contributed by atoms with Gasteiger partial charge in [0.05, 0.1) is 16.7 Å². The van der Waals surface area contributed by atoms with Crippen LogP contribution in [0.3, 0.4) is 0 Å². The van der Waals surface area contributed by atoms with Gasteiger partial charge in [0, 0.05) is 4.47 Å². The Labute approximate surface area is 135 Å². The molecule has 0 heterocycles. The fraction of sp³-hybridized carbons (Fsp3) is 0. The number of carboxylic acids is 1. The highest BCUT2D eigenvalue weighted by molar-refractivity contribution is 9.10. The Morgan fingerprint density at radius 1 is 1.09 bits per heavy atom. The smallest absolute Gasteiger partial charge is 0.335 e. The van der Waals surface area contributed by atoms with Gasteiger partial charge in [0.1, 0.15) is 0 Å². The van der Waals surface area contributed by atoms with E-state index in [2.05, 4.69) is 25.9 Å². The molecule has 0 fully saturated rings. The molecule has 0 aliphatic carbocycles. The van der Waals surface area contributed by atoms with Gasteiger partial charge in [-0.1, -0.05) is 28.1 Å². The fourth-order valence-corrected chi connectivity index (χ4v) is 2.60. The Morgan fingerprint density at radius 3 is 2.23 bits per heavy atom. The Bertz CT molecular complexity index is 800. The summed E-state index contributed by atoms with van der Waals surface area (Å²) in [5.74, 6) is -1.03. The predicted molar refractivity (Wildman–Crippen MR) is 85.5 cm³/mol. The highest BCUT2D eigenvalue weighted by Crippen LogP contribution is 2.14. The average Bonchev–Trinajstić information content (AvgIpc) is 2.48. The zero-order valence-electron chi connectivity index (χ0n) is 11.1. The first-order valence-electron chi connectivity index (χ1n) is 6.02. The Balaban J connectivity index is 2.08. The van der Waals surface area contributed by atoms with Gasteiger partial charge in [-0.3, -0.25) is 0 Å². The van der Waals surface area contributed by atoms with Crippen LogP contribution in [-0.2, 0) is 10.0 Å². The Hall–Kier alpha value is -2.19. The molecular weight excluding hydrogens is 372 g/mol. The second kappa shape index (κ2) is 6.71. The van der Waals surface area contributed by atoms with E-state index in [0.717, 1.165) is 4.47 Å². The molecule has 2 aromatic rings. The van der Waals surface area contributed by atoms with Gasteiger partial charge in [-0.2, -0.15) is 13.5 Å². The molecule has 0 amide bonds. The van der Waals surface area contributed by atoms with E-state index in [4.69, 9.17) is 5.11 Å². The average molecular weight is 383 g/mol. The molecule has 0 radical (unpaired) electrons. The van der Waals surface area contributed by atoms with Crippen LogP contribution in [0.1, 0.15) is 15.9 Å². The summed E-state index contributed by atoms with van der Waals surface area (Å²) in [6.07, 6.45) is 1.29. The first-order chi connectivity index (χ1) is 10.4. The third-order valence-electron chi connectivity index (χ3n) is 2.67. The van der Waals surface area contributed by atoms with Crippen molar-refractivity contribution in [3.63, 3.8) is 0 Å². The van der Waals surface area contributed by atoms with Crippen molar-refractivity contribution in [1.29, 1.82) is 0 Å². The van der Waals surface area contributed by atoms with Gasteiger partial charge < -0.3 is 5.11 Å². The first-order valence-corrected chi connectivity index (χ1v) is 8.30. The molecule has 0 aromatic heterocycles. The Morgan fingerprint density at radius 2 is 1.68 bits per heavy atom. The minimum absolute atomic E-state index is 0.0917. The Kier molecular flexibility index (Phi) is 4.94. The molecule has 2 aromatic carbocycles. The van der Waals surface area contributed by atoms with Crippen LogP contribution < -0.4 is 4.83 Å². The van der Waals surface area contributed by atoms with Crippen molar-refractivity contribution in [2.24, 2.45) is 5.10 Å². The number of carboxylic acid groups (broad SMARTS) is 1. The van der Waals surface area contributed by atoms with Crippen LogP contribution in [0.2, 0.25) is 0 Å². The number of sulfonamides is 1. The number of halogens is 1. The molecule has 0 saturated heterocycles. The van der Waals surface area contributed by atoms with E-state index < -0.39 is 16.0 Å². The standard InChI is InChI=1S/C14H11BrN2O4S/c15-12-5-7-13(8-6-12)22(20,21)17-16-9-10-1-3-11(4-2-10)14(18)19/h1-9,17H,(H,18,19)/b16-9-. The number of benzene rings is 2. The van der Waals surface area contributed by atoms with Crippen LogP contribution in [0, 0.1) is 0 Å². The van der Waals surface area contributed by atoms with Crippen LogP contribution in [0.25, 0.3) is 0 Å². The van der Waals surface area contributed by atoms with E-state index in [1.165, 1.54) is 42.6 Å². The second-order valence-corrected chi connectivity index (χ2v) is 6.81. The number of hydrogen-bond acceptors (Lipinski definition) is 4. The van der Waals surface area contributed by atoms with E-state index in [1.807, 2.05) is 0 Å². The van der Waals surface area contributed by atoms with Gasteiger partial charge in [0.25, 0.3) is 10.0 Å². The van der Waals surface area contributed by atoms with E-state index >= 15 is 0 Å². The van der Waals surface area contributed by atoms with Gasteiger partial charge in [0.2, 0.25) is 0 Å². The lowest BCUT2D eigenvalue weighted by Crippen LogP contribution is -2.18. The van der Waals surface area contributed by atoms with Crippen LogP contribution in [0.4, 0.5) is 0 Å². The van der Waals surface area contributed by atoms with Crippen LogP contribution in [0.5, 0.6) is 0 Å². The molecule has 0 spiro atoms. The zero-order chi connectivity index (χ0) is 16.2. The number of carbonyl (C=O) groups is 1. The summed E-state index contributed by atoms with van der Waals surface area (Å²) in [5.41, 5.74) is 0.719. The second-order valence-electron chi connectivity index (χ2n) is 4.23. The molecular formula is C14H11BrN2O4S. The fourth-order valence-electron chi connectivity index (χ4n) is 1.55. The summed E-state index contributed by atoms with van der Waals surface area (Å²) in [6, 6.07) is 12.0. The maximum absolute atomic E-state index is 12.0. The lowest BCUT2D eigenvalue weighted by Gasteiger charge is -2.03. The third-order valence-corrected chi connectivity index (χ3v) is 4.44. The van der Waals surface area contributed by atoms with Crippen molar-refractivity contribution in [2.75, 3.05) is 0 Å². The lowest BCUT2D eigenvalue weighted by molar-refractivity contribution is 0.0697. The van der Waals surface area contributed by atoms with Crippen LogP contribution in [0.15, 0.2) is 63.0 Å². The molecule has 22 heavy (non-hydrogen) atoms. The van der Waals surface area contributed by atoms with Crippen LogP contribution >= 0.6 is 15.9 Å². The maximum atomic E-state index is 12.0. The number of aromatic carboxylic acids is 1. The van der Waals surface area contributed by atoms with E-state index in [9.17, 15) is 13.2 Å². The predicted octanol–water partition coefficient (Wildman–Crippen LogP) is 2.46. The molecule has 0 aliphatic heterocycles. The van der Waals surface area contributed by atoms with Gasteiger partial charge in [0.15, 0.2) is 0 Å². The zero-order valence-corrected chi connectivity index (χ0v) is 13.5. The topological polar surface area (TPSA) is 95.8 Å². The first kappa shape index (κ1) is 16.2. The quantitative estimate of drug-likeness (QED) is 0.613. The van der Waals surface area contributed by atoms with Crippen molar-refractivity contribution in [3.05, 3.63) is 64.1 Å². The molecule has 6 nitrogen and oxygen atoms in total. The number of hydrogen-bond donors (Lipinski definition) is 2. The normalized spacial score (nSPS) is 11.5. The number of hydrazone groups is 1. The SMILES string of the molecule is O=C(O)c1ccc(/C=N\NS(=O)(=O)c2ccc(Br)cc2)cc1. The van der Waals surface area contributed by atoms with Crippen molar-refractivity contribution >= 4 is 38.1 Å². The minimum atomic E-state index is -3.73. The van der Waals surface area contributed by atoms with E-state index in [1.54, 1.807) is 12.1 Å². The van der Waals surface area contributed by atoms with Crippen molar-refractivity contribution in [3.8, 4) is 0 Å². The summed E-state index contributed by atoms with van der Waals surface area (Å²) in [7, 11) is -3.73. The summed E-state index contributed by atoms with van der Waals surface area (Å²) in [6.45, 7) is 0. The van der Waals surface area contributed by atoms with E-state index in [-0.39, 0.29) is 10.5 Å². The molecule has 0 unspecified atom stereocenters. The largest absolute Gasteiger partial charge is 0.478 e. The highest BCUT2D eigenvalue weighted by atomic mass is 79.9. The third kappa shape index (κ3) is 4.15. The van der Waals surface area contributed by atoms with Gasteiger partial charge in [-0.25, -0.2) is 9.63 Å². The van der Waals surface area contributed by atoms with Crippen LogP contribution in [-0.4, -0.2) is 25.7 Å². The lowest BCUT2D eigenvalue weighted by atomic mass is 10.1. The minimum Gasteiger partial charge on any atom is -0.478 e. The monoisotopic (exact) mass is 382 g/mol. The summed E-state index contributed by atoms with van der Waals surface area (Å²) in [5, 5.41) is 12.4. The molecule has 8 heteroatoms. The van der Waals surface area contributed by atoms with Crippen molar-refractivity contribution < 1.29 is 18.3 Å². The molecule has 2 N–H and O–H groups in total. The maximum Gasteiger partial charge on any atom is 0.335 e. The van der Waals surface area contributed by atoms with Gasteiger partial charge >= 0.3 is 5.97 Å². The molecule has 0 saturated carbocycles.